The van der Waals surface area contributed by atoms with Crippen molar-refractivity contribution in [2.45, 2.75) is 6.92 Å². The van der Waals surface area contributed by atoms with Crippen LogP contribution >= 0.6 is 11.6 Å². The number of amides is 1. The summed E-state index contributed by atoms with van der Waals surface area (Å²) in [5.74, 6) is -0.291. The first-order chi connectivity index (χ1) is 8.13. The van der Waals surface area contributed by atoms with Crippen LogP contribution in [0.2, 0.25) is 5.02 Å². The molecule has 0 bridgehead atoms. The number of aromatic nitrogens is 1. The molecule has 0 fully saturated rings. The number of benzene rings is 1. The molecule has 2 aromatic rings. The predicted molar refractivity (Wildman–Crippen MR) is 70.3 cm³/mol. The lowest BCUT2D eigenvalue weighted by Gasteiger charge is -2.10. The number of nitrogens with zero attached hydrogens (tertiary/aromatic N) is 1. The molecule has 4 heteroatoms. The summed E-state index contributed by atoms with van der Waals surface area (Å²) in [4.78, 5) is 15.6. The molecule has 0 atom stereocenters. The number of aryl methyl sites for hydroxylation is 1. The highest BCUT2D eigenvalue weighted by Gasteiger charge is 2.10. The van der Waals surface area contributed by atoms with E-state index in [0.717, 1.165) is 16.5 Å². The Labute approximate surface area is 104 Å². The summed E-state index contributed by atoms with van der Waals surface area (Å²) in [6.07, 6.45) is 2.92. The molecule has 1 aromatic carbocycles. The van der Waals surface area contributed by atoms with Crippen molar-refractivity contribution >= 4 is 34.1 Å². The number of hydrogen-bond donors (Lipinski definition) is 1. The maximum Gasteiger partial charge on any atom is 0.247 e. The molecule has 1 aromatic heterocycles. The molecule has 0 saturated carbocycles. The number of hydrogen-bond acceptors (Lipinski definition) is 2. The van der Waals surface area contributed by atoms with Crippen LogP contribution in [0.1, 0.15) is 5.56 Å². The van der Waals surface area contributed by atoms with Crippen LogP contribution in [0.5, 0.6) is 0 Å². The zero-order valence-corrected chi connectivity index (χ0v) is 10.1. The van der Waals surface area contributed by atoms with E-state index in [9.17, 15) is 4.79 Å². The number of halogens is 1. The number of carbonyl (C=O) groups excluding carboxylic acids is 1. The summed E-state index contributed by atoms with van der Waals surface area (Å²) >= 11 is 6.13. The third kappa shape index (κ3) is 2.15. The quantitative estimate of drug-likeness (QED) is 0.826. The molecule has 1 heterocycles. The average Bonchev–Trinajstić information content (AvgIpc) is 2.34. The first-order valence-corrected chi connectivity index (χ1v) is 5.48. The van der Waals surface area contributed by atoms with Crippen molar-refractivity contribution in [3.05, 3.63) is 47.6 Å². The molecule has 0 aliphatic carbocycles. The minimum atomic E-state index is -0.291. The third-order valence-electron chi connectivity index (χ3n) is 2.47. The highest BCUT2D eigenvalue weighted by Crippen LogP contribution is 2.32. The highest BCUT2D eigenvalue weighted by atomic mass is 35.5. The van der Waals surface area contributed by atoms with Crippen LogP contribution in [0.15, 0.2) is 37.1 Å². The zero-order chi connectivity index (χ0) is 12.4. The van der Waals surface area contributed by atoms with E-state index in [2.05, 4.69) is 16.9 Å². The molecule has 0 unspecified atom stereocenters. The molecular weight excluding hydrogens is 236 g/mol. The Morgan fingerprint density at radius 3 is 3.06 bits per heavy atom. The minimum Gasteiger partial charge on any atom is -0.321 e. The Kier molecular flexibility index (Phi) is 3.11. The number of carbonyl (C=O) groups is 1. The van der Waals surface area contributed by atoms with Gasteiger partial charge in [-0.1, -0.05) is 18.2 Å². The first kappa shape index (κ1) is 11.6. The topological polar surface area (TPSA) is 42.0 Å². The second-order valence-corrected chi connectivity index (χ2v) is 4.05. The van der Waals surface area contributed by atoms with Gasteiger partial charge in [0.15, 0.2) is 0 Å². The largest absolute Gasteiger partial charge is 0.321 e. The van der Waals surface area contributed by atoms with Crippen molar-refractivity contribution in [2.24, 2.45) is 0 Å². The van der Waals surface area contributed by atoms with Gasteiger partial charge in [0.1, 0.15) is 0 Å². The second kappa shape index (κ2) is 4.55. The summed E-state index contributed by atoms with van der Waals surface area (Å²) in [5, 5.41) is 4.03. The van der Waals surface area contributed by atoms with E-state index in [1.807, 2.05) is 19.1 Å². The lowest BCUT2D eigenvalue weighted by molar-refractivity contribution is -0.111. The summed E-state index contributed by atoms with van der Waals surface area (Å²) in [7, 11) is 0. The van der Waals surface area contributed by atoms with Gasteiger partial charge in [-0.3, -0.25) is 9.78 Å². The van der Waals surface area contributed by atoms with Gasteiger partial charge in [0, 0.05) is 11.6 Å². The van der Waals surface area contributed by atoms with Crippen LogP contribution in [0.3, 0.4) is 0 Å². The van der Waals surface area contributed by atoms with Crippen molar-refractivity contribution in [3.8, 4) is 0 Å². The molecule has 0 aliphatic rings. The van der Waals surface area contributed by atoms with Gasteiger partial charge in [-0.05, 0) is 36.8 Å². The Hall–Kier alpha value is -1.87. The van der Waals surface area contributed by atoms with E-state index in [1.54, 1.807) is 12.3 Å². The van der Waals surface area contributed by atoms with Crippen molar-refractivity contribution < 1.29 is 4.79 Å². The number of pyridine rings is 1. The van der Waals surface area contributed by atoms with E-state index in [0.29, 0.717) is 10.7 Å². The fourth-order valence-electron chi connectivity index (χ4n) is 1.68. The van der Waals surface area contributed by atoms with Crippen molar-refractivity contribution in [1.82, 2.24) is 4.98 Å². The lowest BCUT2D eigenvalue weighted by atomic mass is 10.1. The van der Waals surface area contributed by atoms with Gasteiger partial charge in [-0.25, -0.2) is 0 Å². The van der Waals surface area contributed by atoms with Crippen molar-refractivity contribution in [2.75, 3.05) is 5.32 Å². The van der Waals surface area contributed by atoms with E-state index < -0.39 is 0 Å². The summed E-state index contributed by atoms with van der Waals surface area (Å²) in [6, 6.07) is 5.47. The summed E-state index contributed by atoms with van der Waals surface area (Å²) < 4.78 is 0. The SMILES string of the molecule is C=CC(=O)Nc1c(Cl)cc(C)c2ncccc12. The number of fused-ring (bicyclic) bond motifs is 1. The minimum absolute atomic E-state index is 0.291. The van der Waals surface area contributed by atoms with Gasteiger partial charge in [0.25, 0.3) is 0 Å². The molecule has 1 amide bonds. The fraction of sp³-hybridized carbons (Fsp3) is 0.0769. The van der Waals surface area contributed by atoms with Crippen molar-refractivity contribution in [1.29, 1.82) is 0 Å². The van der Waals surface area contributed by atoms with E-state index in [4.69, 9.17) is 11.6 Å². The number of anilines is 1. The predicted octanol–water partition coefficient (Wildman–Crippen LogP) is 3.32. The number of rotatable bonds is 2. The van der Waals surface area contributed by atoms with Gasteiger partial charge in [-0.2, -0.15) is 0 Å². The normalized spacial score (nSPS) is 10.2. The van der Waals surface area contributed by atoms with Gasteiger partial charge in [0.2, 0.25) is 5.91 Å². The molecule has 0 aliphatic heterocycles. The Morgan fingerprint density at radius 1 is 1.59 bits per heavy atom. The monoisotopic (exact) mass is 246 g/mol. The maximum absolute atomic E-state index is 11.4. The van der Waals surface area contributed by atoms with Crippen LogP contribution in [0.25, 0.3) is 10.9 Å². The van der Waals surface area contributed by atoms with Crippen LogP contribution in [-0.4, -0.2) is 10.9 Å². The molecule has 0 spiro atoms. The smallest absolute Gasteiger partial charge is 0.247 e. The first-order valence-electron chi connectivity index (χ1n) is 5.10. The molecule has 2 rings (SSSR count). The van der Waals surface area contributed by atoms with Crippen LogP contribution in [0, 0.1) is 6.92 Å². The fourth-order valence-corrected chi connectivity index (χ4v) is 1.99. The second-order valence-electron chi connectivity index (χ2n) is 3.64. The maximum atomic E-state index is 11.4. The molecule has 0 radical (unpaired) electrons. The van der Waals surface area contributed by atoms with Gasteiger partial charge < -0.3 is 5.32 Å². The zero-order valence-electron chi connectivity index (χ0n) is 9.33. The Balaban J connectivity index is 2.69. The van der Waals surface area contributed by atoms with Crippen LogP contribution in [0.4, 0.5) is 5.69 Å². The standard InChI is InChI=1S/C13H11ClN2O/c1-3-11(17)16-13-9-5-4-6-15-12(9)8(2)7-10(13)14/h3-7H,1H2,2H3,(H,16,17). The number of nitrogens with one attached hydrogen (secondary N) is 1. The lowest BCUT2D eigenvalue weighted by Crippen LogP contribution is -2.08. The third-order valence-corrected chi connectivity index (χ3v) is 2.76. The Morgan fingerprint density at radius 2 is 2.35 bits per heavy atom. The molecule has 86 valence electrons. The molecule has 3 nitrogen and oxygen atoms in total. The van der Waals surface area contributed by atoms with Crippen molar-refractivity contribution in [3.63, 3.8) is 0 Å². The van der Waals surface area contributed by atoms with E-state index >= 15 is 0 Å². The molecule has 17 heavy (non-hydrogen) atoms. The average molecular weight is 247 g/mol. The molecule has 0 saturated heterocycles. The molecule has 1 N–H and O–H groups in total. The van der Waals surface area contributed by atoms with E-state index in [-0.39, 0.29) is 5.91 Å². The summed E-state index contributed by atoms with van der Waals surface area (Å²) in [5.41, 5.74) is 2.38. The van der Waals surface area contributed by atoms with Gasteiger partial charge in [-0.15, -0.1) is 0 Å². The van der Waals surface area contributed by atoms with Gasteiger partial charge in [0.05, 0.1) is 16.2 Å². The van der Waals surface area contributed by atoms with E-state index in [1.165, 1.54) is 6.08 Å². The van der Waals surface area contributed by atoms with Crippen LogP contribution in [-0.2, 0) is 4.79 Å². The highest BCUT2D eigenvalue weighted by molar-refractivity contribution is 6.35. The summed E-state index contributed by atoms with van der Waals surface area (Å²) in [6.45, 7) is 5.34. The molecular formula is C13H11ClN2O. The van der Waals surface area contributed by atoms with Crippen LogP contribution < -0.4 is 5.32 Å². The Bertz CT molecular complexity index is 608. The van der Waals surface area contributed by atoms with Gasteiger partial charge >= 0.3 is 0 Å².